The smallest absolute Gasteiger partial charge is 0.253 e. The molecule has 0 saturated heterocycles. The number of fused-ring (bicyclic) bond motifs is 1. The summed E-state index contributed by atoms with van der Waals surface area (Å²) in [5, 5.41) is 0.623. The normalized spacial score (nSPS) is 10.7. The van der Waals surface area contributed by atoms with Crippen LogP contribution >= 0.6 is 23.2 Å². The molecule has 98 valence electrons. The molecular weight excluding hydrogens is 295 g/mol. The Hall–Kier alpha value is -1.97. The average molecular weight is 303 g/mol. The molecule has 5 heteroatoms. The average Bonchev–Trinajstić information content (AvgIpc) is 2.47. The Labute approximate surface area is 125 Å². The van der Waals surface area contributed by atoms with Gasteiger partial charge in [0.1, 0.15) is 0 Å². The molecule has 0 radical (unpaired) electrons. The molecule has 0 aliphatic heterocycles. The van der Waals surface area contributed by atoms with Crippen LogP contribution in [0.25, 0.3) is 22.3 Å². The van der Waals surface area contributed by atoms with Crippen molar-refractivity contribution in [2.45, 2.75) is 0 Å². The van der Waals surface area contributed by atoms with Crippen LogP contribution in [-0.4, -0.2) is 15.2 Å². The minimum atomic E-state index is -0.545. The van der Waals surface area contributed by atoms with E-state index in [1.807, 2.05) is 18.2 Å². The Kier molecular flexibility index (Phi) is 3.38. The number of carbonyl (C=O) groups is 1. The second-order valence-corrected chi connectivity index (χ2v) is 4.98. The summed E-state index contributed by atoms with van der Waals surface area (Å²) in [4.78, 5) is 20.4. The lowest BCUT2D eigenvalue weighted by Gasteiger charge is -2.07. The van der Waals surface area contributed by atoms with Gasteiger partial charge in [0.05, 0.1) is 16.9 Å². The van der Waals surface area contributed by atoms with E-state index in [1.54, 1.807) is 30.5 Å². The van der Waals surface area contributed by atoms with Crippen molar-refractivity contribution < 1.29 is 4.79 Å². The topological polar surface area (TPSA) is 42.9 Å². The maximum Gasteiger partial charge on any atom is 0.253 e. The van der Waals surface area contributed by atoms with Gasteiger partial charge in [0.25, 0.3) is 5.24 Å². The summed E-state index contributed by atoms with van der Waals surface area (Å²) < 4.78 is 0. The number of halogens is 2. The Morgan fingerprint density at radius 2 is 1.90 bits per heavy atom. The first-order chi connectivity index (χ1) is 9.65. The maximum atomic E-state index is 11.6. The zero-order valence-electron chi connectivity index (χ0n) is 10.2. The first-order valence-electron chi connectivity index (χ1n) is 5.87. The molecule has 0 bridgehead atoms. The van der Waals surface area contributed by atoms with Gasteiger partial charge in [-0.1, -0.05) is 17.7 Å². The predicted octanol–water partition coefficient (Wildman–Crippen LogP) is 4.33. The predicted molar refractivity (Wildman–Crippen MR) is 80.2 cm³/mol. The van der Waals surface area contributed by atoms with Gasteiger partial charge >= 0.3 is 0 Å². The highest BCUT2D eigenvalue weighted by molar-refractivity contribution is 6.68. The summed E-state index contributed by atoms with van der Waals surface area (Å²) in [6, 6.07) is 12.3. The van der Waals surface area contributed by atoms with E-state index >= 15 is 0 Å². The summed E-state index contributed by atoms with van der Waals surface area (Å²) >= 11 is 11.6. The second-order valence-electron chi connectivity index (χ2n) is 4.21. The fraction of sp³-hybridized carbons (Fsp3) is 0. The number of hydrogen-bond donors (Lipinski definition) is 0. The van der Waals surface area contributed by atoms with Crippen LogP contribution in [-0.2, 0) is 0 Å². The van der Waals surface area contributed by atoms with E-state index in [0.717, 1.165) is 0 Å². The lowest BCUT2D eigenvalue weighted by Crippen LogP contribution is -1.96. The third kappa shape index (κ3) is 2.38. The summed E-state index contributed by atoms with van der Waals surface area (Å²) in [7, 11) is 0. The van der Waals surface area contributed by atoms with Crippen molar-refractivity contribution in [3.8, 4) is 11.4 Å². The van der Waals surface area contributed by atoms with Gasteiger partial charge in [0, 0.05) is 22.2 Å². The van der Waals surface area contributed by atoms with Crippen molar-refractivity contribution >= 4 is 39.3 Å². The monoisotopic (exact) mass is 302 g/mol. The molecule has 3 nitrogen and oxygen atoms in total. The van der Waals surface area contributed by atoms with E-state index in [1.165, 1.54) is 0 Å². The molecule has 1 aromatic carbocycles. The lowest BCUT2D eigenvalue weighted by molar-refractivity contribution is 0.108. The number of hydrogen-bond acceptors (Lipinski definition) is 3. The molecule has 3 aromatic rings. The summed E-state index contributed by atoms with van der Waals surface area (Å²) in [6.07, 6.45) is 1.67. The molecule has 0 aliphatic rings. The molecule has 0 spiro atoms. The zero-order chi connectivity index (χ0) is 14.1. The van der Waals surface area contributed by atoms with Crippen molar-refractivity contribution in [2.24, 2.45) is 0 Å². The highest BCUT2D eigenvalue weighted by Gasteiger charge is 2.13. The molecule has 20 heavy (non-hydrogen) atoms. The minimum absolute atomic E-state index is 0.375. The van der Waals surface area contributed by atoms with Crippen LogP contribution < -0.4 is 0 Å². The van der Waals surface area contributed by atoms with E-state index in [-0.39, 0.29) is 0 Å². The fourth-order valence-electron chi connectivity index (χ4n) is 2.01. The molecule has 0 aliphatic carbocycles. The van der Waals surface area contributed by atoms with E-state index in [2.05, 4.69) is 9.97 Å². The molecule has 2 aromatic heterocycles. The molecule has 0 atom stereocenters. The van der Waals surface area contributed by atoms with Crippen LogP contribution in [0.15, 0.2) is 48.7 Å². The molecule has 0 amide bonds. The number of aromatic nitrogens is 2. The van der Waals surface area contributed by atoms with Crippen molar-refractivity contribution in [3.05, 3.63) is 59.2 Å². The first kappa shape index (κ1) is 13.0. The van der Waals surface area contributed by atoms with Crippen molar-refractivity contribution in [2.75, 3.05) is 0 Å². The number of pyridine rings is 2. The second kappa shape index (κ2) is 5.19. The van der Waals surface area contributed by atoms with E-state index in [0.29, 0.717) is 32.9 Å². The standard InChI is InChI=1S/C15H8Cl2N2O/c16-9-4-5-12-10(7-9)11(15(17)20)8-14(19-12)13-3-1-2-6-18-13/h1-8H. The van der Waals surface area contributed by atoms with E-state index in [4.69, 9.17) is 23.2 Å². The Balaban J connectivity index is 2.32. The van der Waals surface area contributed by atoms with Gasteiger partial charge < -0.3 is 0 Å². The largest absolute Gasteiger partial charge is 0.276 e. The van der Waals surface area contributed by atoms with Gasteiger partial charge in [-0.25, -0.2) is 4.98 Å². The van der Waals surface area contributed by atoms with E-state index < -0.39 is 5.24 Å². The quantitative estimate of drug-likeness (QED) is 0.662. The third-order valence-electron chi connectivity index (χ3n) is 2.91. The third-order valence-corrected chi connectivity index (χ3v) is 3.35. The van der Waals surface area contributed by atoms with E-state index in [9.17, 15) is 4.79 Å². The maximum absolute atomic E-state index is 11.6. The lowest BCUT2D eigenvalue weighted by atomic mass is 10.1. The van der Waals surface area contributed by atoms with Crippen molar-refractivity contribution in [3.63, 3.8) is 0 Å². The molecule has 0 saturated carbocycles. The van der Waals surface area contributed by atoms with Gasteiger partial charge in [-0.05, 0) is 48.0 Å². The first-order valence-corrected chi connectivity index (χ1v) is 6.62. The molecule has 0 N–H and O–H groups in total. The van der Waals surface area contributed by atoms with Gasteiger partial charge in [-0.2, -0.15) is 0 Å². The molecule has 0 fully saturated rings. The number of carbonyl (C=O) groups excluding carboxylic acids is 1. The van der Waals surface area contributed by atoms with Crippen molar-refractivity contribution in [1.29, 1.82) is 0 Å². The van der Waals surface area contributed by atoms with Crippen molar-refractivity contribution in [1.82, 2.24) is 9.97 Å². The van der Waals surface area contributed by atoms with Crippen LogP contribution in [0.4, 0.5) is 0 Å². The van der Waals surface area contributed by atoms with Crippen LogP contribution in [0.5, 0.6) is 0 Å². The van der Waals surface area contributed by atoms with Crippen LogP contribution in [0.3, 0.4) is 0 Å². The van der Waals surface area contributed by atoms with Gasteiger partial charge in [0.2, 0.25) is 0 Å². The molecule has 3 rings (SSSR count). The van der Waals surface area contributed by atoms with Crippen LogP contribution in [0.1, 0.15) is 10.4 Å². The van der Waals surface area contributed by atoms with Crippen LogP contribution in [0.2, 0.25) is 5.02 Å². The Morgan fingerprint density at radius 3 is 2.60 bits per heavy atom. The SMILES string of the molecule is O=C(Cl)c1cc(-c2ccccn2)nc2ccc(Cl)cc12. The fourth-order valence-corrected chi connectivity index (χ4v) is 2.33. The number of benzene rings is 1. The van der Waals surface area contributed by atoms with Crippen LogP contribution in [0, 0.1) is 0 Å². The zero-order valence-corrected chi connectivity index (χ0v) is 11.7. The molecular formula is C15H8Cl2N2O. The highest BCUT2D eigenvalue weighted by atomic mass is 35.5. The summed E-state index contributed by atoms with van der Waals surface area (Å²) in [5.41, 5.74) is 2.31. The highest BCUT2D eigenvalue weighted by Crippen LogP contribution is 2.27. The molecule has 0 unspecified atom stereocenters. The Morgan fingerprint density at radius 1 is 1.05 bits per heavy atom. The van der Waals surface area contributed by atoms with Gasteiger partial charge in [0.15, 0.2) is 0 Å². The summed E-state index contributed by atoms with van der Waals surface area (Å²) in [5.74, 6) is 0. The number of rotatable bonds is 2. The Bertz CT molecular complexity index is 804. The van der Waals surface area contributed by atoms with Gasteiger partial charge in [-0.3, -0.25) is 9.78 Å². The summed E-state index contributed by atoms with van der Waals surface area (Å²) in [6.45, 7) is 0. The van der Waals surface area contributed by atoms with Gasteiger partial charge in [-0.15, -0.1) is 0 Å². The number of nitrogens with zero attached hydrogens (tertiary/aromatic N) is 2. The molecule has 2 heterocycles. The minimum Gasteiger partial charge on any atom is -0.276 e.